The van der Waals surface area contributed by atoms with Gasteiger partial charge in [0.15, 0.2) is 0 Å². The SMILES string of the molecule is CCCOc1ccc(C(C)(CC(=O)O)NC)cc1. The molecule has 1 unspecified atom stereocenters. The van der Waals surface area contributed by atoms with Gasteiger partial charge in [0.05, 0.1) is 18.6 Å². The minimum absolute atomic E-state index is 0.0403. The van der Waals surface area contributed by atoms with Crippen molar-refractivity contribution in [3.05, 3.63) is 29.8 Å². The second-order valence-electron chi connectivity index (χ2n) is 4.53. The molecule has 4 nitrogen and oxygen atoms in total. The van der Waals surface area contributed by atoms with Gasteiger partial charge in [0.1, 0.15) is 5.75 Å². The number of aliphatic carboxylic acids is 1. The van der Waals surface area contributed by atoms with E-state index in [1.54, 1.807) is 7.05 Å². The van der Waals surface area contributed by atoms with Gasteiger partial charge in [-0.15, -0.1) is 0 Å². The summed E-state index contributed by atoms with van der Waals surface area (Å²) in [5, 5.41) is 12.0. The Labute approximate surface area is 108 Å². The third-order valence-corrected chi connectivity index (χ3v) is 3.02. The van der Waals surface area contributed by atoms with Crippen LogP contribution < -0.4 is 10.1 Å². The highest BCUT2D eigenvalue weighted by atomic mass is 16.5. The monoisotopic (exact) mass is 251 g/mol. The third-order valence-electron chi connectivity index (χ3n) is 3.02. The summed E-state index contributed by atoms with van der Waals surface area (Å²) in [5.74, 6) is -0.00691. The van der Waals surface area contributed by atoms with E-state index in [1.165, 1.54) is 0 Å². The highest BCUT2D eigenvalue weighted by Gasteiger charge is 2.27. The van der Waals surface area contributed by atoms with Crippen LogP contribution in [0.4, 0.5) is 0 Å². The number of ether oxygens (including phenoxy) is 1. The van der Waals surface area contributed by atoms with Gasteiger partial charge in [-0.1, -0.05) is 19.1 Å². The summed E-state index contributed by atoms with van der Waals surface area (Å²) in [5.41, 5.74) is 0.381. The lowest BCUT2D eigenvalue weighted by Gasteiger charge is -2.28. The van der Waals surface area contributed by atoms with Crippen LogP contribution in [-0.4, -0.2) is 24.7 Å². The number of rotatable bonds is 7. The maximum absolute atomic E-state index is 10.9. The largest absolute Gasteiger partial charge is 0.494 e. The number of hydrogen-bond donors (Lipinski definition) is 2. The molecule has 18 heavy (non-hydrogen) atoms. The summed E-state index contributed by atoms with van der Waals surface area (Å²) >= 11 is 0. The van der Waals surface area contributed by atoms with Crippen molar-refractivity contribution < 1.29 is 14.6 Å². The lowest BCUT2D eigenvalue weighted by atomic mass is 9.89. The van der Waals surface area contributed by atoms with Crippen LogP contribution in [0.2, 0.25) is 0 Å². The van der Waals surface area contributed by atoms with E-state index in [-0.39, 0.29) is 6.42 Å². The molecule has 100 valence electrons. The van der Waals surface area contributed by atoms with Gasteiger partial charge in [-0.2, -0.15) is 0 Å². The Morgan fingerprint density at radius 1 is 1.39 bits per heavy atom. The van der Waals surface area contributed by atoms with E-state index in [2.05, 4.69) is 12.2 Å². The molecule has 1 atom stereocenters. The minimum atomic E-state index is -0.821. The Morgan fingerprint density at radius 2 is 2.00 bits per heavy atom. The van der Waals surface area contributed by atoms with Crippen molar-refractivity contribution in [3.63, 3.8) is 0 Å². The number of carboxylic acid groups (broad SMARTS) is 1. The smallest absolute Gasteiger partial charge is 0.305 e. The molecule has 0 aliphatic rings. The Balaban J connectivity index is 2.84. The summed E-state index contributed by atoms with van der Waals surface area (Å²) in [4.78, 5) is 10.9. The van der Waals surface area contributed by atoms with Gasteiger partial charge in [0.25, 0.3) is 0 Å². The highest BCUT2D eigenvalue weighted by Crippen LogP contribution is 2.26. The van der Waals surface area contributed by atoms with Crippen molar-refractivity contribution in [2.24, 2.45) is 0 Å². The molecule has 1 aromatic carbocycles. The fourth-order valence-corrected chi connectivity index (χ4v) is 1.78. The Kier molecular flexibility index (Phi) is 5.16. The molecule has 4 heteroatoms. The average molecular weight is 251 g/mol. The van der Waals surface area contributed by atoms with Gasteiger partial charge in [0.2, 0.25) is 0 Å². The fourth-order valence-electron chi connectivity index (χ4n) is 1.78. The molecule has 0 fully saturated rings. The summed E-state index contributed by atoms with van der Waals surface area (Å²) < 4.78 is 5.50. The molecule has 0 spiro atoms. The number of nitrogens with one attached hydrogen (secondary N) is 1. The Morgan fingerprint density at radius 3 is 2.44 bits per heavy atom. The van der Waals surface area contributed by atoms with E-state index in [1.807, 2.05) is 31.2 Å². The lowest BCUT2D eigenvalue weighted by Crippen LogP contribution is -2.38. The van der Waals surface area contributed by atoms with E-state index in [4.69, 9.17) is 9.84 Å². The maximum Gasteiger partial charge on any atom is 0.305 e. The molecule has 0 bridgehead atoms. The molecule has 0 radical (unpaired) electrons. The molecule has 0 amide bonds. The average Bonchev–Trinajstić information content (AvgIpc) is 2.36. The first-order chi connectivity index (χ1) is 8.51. The minimum Gasteiger partial charge on any atom is -0.494 e. The molecule has 0 heterocycles. The van der Waals surface area contributed by atoms with Crippen molar-refractivity contribution in [1.29, 1.82) is 0 Å². The van der Waals surface area contributed by atoms with Crippen LogP contribution in [0.3, 0.4) is 0 Å². The topological polar surface area (TPSA) is 58.6 Å². The molecular weight excluding hydrogens is 230 g/mol. The molecule has 0 aliphatic carbocycles. The molecule has 2 N–H and O–H groups in total. The van der Waals surface area contributed by atoms with Crippen LogP contribution >= 0.6 is 0 Å². The van der Waals surface area contributed by atoms with Gasteiger partial charge in [-0.3, -0.25) is 4.79 Å². The summed E-state index contributed by atoms with van der Waals surface area (Å²) in [6.07, 6.45) is 1.01. The van der Waals surface area contributed by atoms with E-state index in [0.29, 0.717) is 6.61 Å². The number of carbonyl (C=O) groups is 1. The third kappa shape index (κ3) is 3.74. The van der Waals surface area contributed by atoms with E-state index in [0.717, 1.165) is 17.7 Å². The van der Waals surface area contributed by atoms with Gasteiger partial charge >= 0.3 is 5.97 Å². The molecule has 0 aliphatic heterocycles. The zero-order valence-corrected chi connectivity index (χ0v) is 11.2. The van der Waals surface area contributed by atoms with Crippen LogP contribution in [0, 0.1) is 0 Å². The molecule has 0 saturated heterocycles. The van der Waals surface area contributed by atoms with Gasteiger partial charge in [0, 0.05) is 0 Å². The normalized spacial score (nSPS) is 13.9. The molecule has 1 aromatic rings. The Bertz CT molecular complexity index is 389. The number of hydrogen-bond acceptors (Lipinski definition) is 3. The van der Waals surface area contributed by atoms with Crippen molar-refractivity contribution in [1.82, 2.24) is 5.32 Å². The predicted octanol–water partition coefficient (Wildman–Crippen LogP) is 2.38. The predicted molar refractivity (Wildman–Crippen MR) is 70.9 cm³/mol. The molecule has 1 rings (SSSR count). The van der Waals surface area contributed by atoms with Crippen molar-refractivity contribution in [2.75, 3.05) is 13.7 Å². The van der Waals surface area contributed by atoms with Crippen molar-refractivity contribution >= 4 is 5.97 Å². The first kappa shape index (κ1) is 14.5. The second-order valence-corrected chi connectivity index (χ2v) is 4.53. The first-order valence-electron chi connectivity index (χ1n) is 6.16. The lowest BCUT2D eigenvalue weighted by molar-refractivity contribution is -0.138. The number of benzene rings is 1. The summed E-state index contributed by atoms with van der Waals surface area (Å²) in [7, 11) is 1.77. The van der Waals surface area contributed by atoms with Crippen molar-refractivity contribution in [2.45, 2.75) is 32.2 Å². The highest BCUT2D eigenvalue weighted by molar-refractivity contribution is 5.68. The fraction of sp³-hybridized carbons (Fsp3) is 0.500. The zero-order valence-electron chi connectivity index (χ0n) is 11.2. The van der Waals surface area contributed by atoms with E-state index >= 15 is 0 Å². The quantitative estimate of drug-likeness (QED) is 0.781. The van der Waals surface area contributed by atoms with Crippen LogP contribution in [0.25, 0.3) is 0 Å². The molecule has 0 aromatic heterocycles. The summed E-state index contributed by atoms with van der Waals surface area (Å²) in [6, 6.07) is 7.57. The van der Waals surface area contributed by atoms with E-state index in [9.17, 15) is 4.79 Å². The standard InChI is InChI=1S/C14H21NO3/c1-4-9-18-12-7-5-11(6-8-12)14(2,15-3)10-13(16)17/h5-8,15H,4,9-10H2,1-3H3,(H,16,17). The summed E-state index contributed by atoms with van der Waals surface area (Å²) in [6.45, 7) is 4.63. The van der Waals surface area contributed by atoms with Crippen LogP contribution in [0.5, 0.6) is 5.75 Å². The van der Waals surface area contributed by atoms with Gasteiger partial charge in [-0.05, 0) is 38.1 Å². The zero-order chi connectivity index (χ0) is 13.6. The van der Waals surface area contributed by atoms with E-state index < -0.39 is 11.5 Å². The van der Waals surface area contributed by atoms with Crippen LogP contribution in [-0.2, 0) is 10.3 Å². The van der Waals surface area contributed by atoms with Crippen LogP contribution in [0.15, 0.2) is 24.3 Å². The van der Waals surface area contributed by atoms with Gasteiger partial charge < -0.3 is 15.2 Å². The van der Waals surface area contributed by atoms with Gasteiger partial charge in [-0.25, -0.2) is 0 Å². The molecular formula is C14H21NO3. The Hall–Kier alpha value is -1.55. The maximum atomic E-state index is 10.9. The first-order valence-corrected chi connectivity index (χ1v) is 6.16. The second kappa shape index (κ2) is 6.40. The number of carboxylic acids is 1. The van der Waals surface area contributed by atoms with Crippen molar-refractivity contribution in [3.8, 4) is 5.75 Å². The van der Waals surface area contributed by atoms with Crippen LogP contribution in [0.1, 0.15) is 32.3 Å². The molecule has 0 saturated carbocycles.